The van der Waals surface area contributed by atoms with Crippen LogP contribution in [0.2, 0.25) is 0 Å². The van der Waals surface area contributed by atoms with Crippen LogP contribution >= 0.6 is 0 Å². The highest BCUT2D eigenvalue weighted by molar-refractivity contribution is 5.41. The van der Waals surface area contributed by atoms with Crippen molar-refractivity contribution in [3.8, 4) is 11.6 Å². The molecule has 0 amide bonds. The zero-order valence-corrected chi connectivity index (χ0v) is 8.34. The van der Waals surface area contributed by atoms with Gasteiger partial charge in [-0.3, -0.25) is 4.98 Å². The summed E-state index contributed by atoms with van der Waals surface area (Å²) in [6, 6.07) is 7.04. The first-order valence-electron chi connectivity index (χ1n) is 4.57. The third-order valence-corrected chi connectivity index (χ3v) is 1.93. The van der Waals surface area contributed by atoms with Crippen molar-refractivity contribution in [1.82, 2.24) is 9.97 Å². The molecule has 0 aliphatic heterocycles. The number of ether oxygens (including phenoxy) is 1. The molecule has 2 aromatic rings. The number of aryl methyl sites for hydroxylation is 1. The summed E-state index contributed by atoms with van der Waals surface area (Å²) in [5.41, 5.74) is 7.06. The number of pyridine rings is 2. The van der Waals surface area contributed by atoms with Crippen LogP contribution in [0.3, 0.4) is 0 Å². The Hall–Kier alpha value is -2.10. The van der Waals surface area contributed by atoms with Gasteiger partial charge in [-0.15, -0.1) is 0 Å². The molecule has 76 valence electrons. The molecule has 0 fully saturated rings. The molecule has 0 aromatic carbocycles. The van der Waals surface area contributed by atoms with Gasteiger partial charge in [0, 0.05) is 24.1 Å². The monoisotopic (exact) mass is 201 g/mol. The first-order chi connectivity index (χ1) is 7.25. The summed E-state index contributed by atoms with van der Waals surface area (Å²) in [5.74, 6) is 1.17. The zero-order valence-electron chi connectivity index (χ0n) is 8.34. The van der Waals surface area contributed by atoms with Gasteiger partial charge in [-0.1, -0.05) is 0 Å². The van der Waals surface area contributed by atoms with Crippen LogP contribution in [0.15, 0.2) is 36.7 Å². The van der Waals surface area contributed by atoms with Gasteiger partial charge >= 0.3 is 0 Å². The molecule has 0 saturated heterocycles. The van der Waals surface area contributed by atoms with Crippen LogP contribution in [0.4, 0.5) is 5.69 Å². The lowest BCUT2D eigenvalue weighted by atomic mass is 10.3. The number of hydrogen-bond acceptors (Lipinski definition) is 4. The van der Waals surface area contributed by atoms with Crippen LogP contribution in [0, 0.1) is 6.92 Å². The number of nitrogens with two attached hydrogens (primary N) is 1. The Balaban J connectivity index is 2.26. The van der Waals surface area contributed by atoms with Gasteiger partial charge in [0.05, 0.1) is 5.69 Å². The van der Waals surface area contributed by atoms with Crippen molar-refractivity contribution in [3.05, 3.63) is 42.4 Å². The lowest BCUT2D eigenvalue weighted by molar-refractivity contribution is 0.457. The van der Waals surface area contributed by atoms with Crippen molar-refractivity contribution >= 4 is 5.69 Å². The summed E-state index contributed by atoms with van der Waals surface area (Å²) < 4.78 is 5.54. The fraction of sp³-hybridized carbons (Fsp3) is 0.0909. The number of nitrogen functional groups attached to an aromatic ring is 1. The Morgan fingerprint density at radius 2 is 2.07 bits per heavy atom. The third-order valence-electron chi connectivity index (χ3n) is 1.93. The van der Waals surface area contributed by atoms with E-state index >= 15 is 0 Å². The van der Waals surface area contributed by atoms with E-state index in [1.54, 1.807) is 24.5 Å². The van der Waals surface area contributed by atoms with Gasteiger partial charge in [-0.2, -0.15) is 0 Å². The van der Waals surface area contributed by atoms with E-state index in [2.05, 4.69) is 9.97 Å². The van der Waals surface area contributed by atoms with Crippen LogP contribution in [-0.4, -0.2) is 9.97 Å². The van der Waals surface area contributed by atoms with Crippen molar-refractivity contribution in [2.24, 2.45) is 0 Å². The molecule has 0 unspecified atom stereocenters. The third kappa shape index (κ3) is 2.22. The van der Waals surface area contributed by atoms with Crippen molar-refractivity contribution in [2.45, 2.75) is 6.92 Å². The summed E-state index contributed by atoms with van der Waals surface area (Å²) >= 11 is 0. The first kappa shape index (κ1) is 9.45. The lowest BCUT2D eigenvalue weighted by Gasteiger charge is -2.06. The highest BCUT2D eigenvalue weighted by atomic mass is 16.5. The summed E-state index contributed by atoms with van der Waals surface area (Å²) in [7, 11) is 0. The van der Waals surface area contributed by atoms with Crippen molar-refractivity contribution in [1.29, 1.82) is 0 Å². The Kier molecular flexibility index (Phi) is 2.49. The SMILES string of the molecule is Cc1ncccc1Oc1cc(N)ccn1. The van der Waals surface area contributed by atoms with Gasteiger partial charge in [0.15, 0.2) is 5.75 Å². The van der Waals surface area contributed by atoms with E-state index in [4.69, 9.17) is 10.5 Å². The summed E-state index contributed by atoms with van der Waals surface area (Å²) in [6.07, 6.45) is 3.32. The molecule has 2 N–H and O–H groups in total. The lowest BCUT2D eigenvalue weighted by Crippen LogP contribution is -1.93. The van der Waals surface area contributed by atoms with Gasteiger partial charge in [-0.25, -0.2) is 4.98 Å². The molecule has 0 saturated carbocycles. The Labute approximate surface area is 87.7 Å². The largest absolute Gasteiger partial charge is 0.437 e. The smallest absolute Gasteiger partial charge is 0.221 e. The van der Waals surface area contributed by atoms with E-state index in [1.807, 2.05) is 19.1 Å². The second-order valence-corrected chi connectivity index (χ2v) is 3.12. The number of rotatable bonds is 2. The predicted molar refractivity (Wildman–Crippen MR) is 57.7 cm³/mol. The molecule has 15 heavy (non-hydrogen) atoms. The Morgan fingerprint density at radius 3 is 2.80 bits per heavy atom. The molecular weight excluding hydrogens is 190 g/mol. The van der Waals surface area contributed by atoms with Crippen LogP contribution in [0.1, 0.15) is 5.69 Å². The van der Waals surface area contributed by atoms with Crippen molar-refractivity contribution < 1.29 is 4.74 Å². The number of aromatic nitrogens is 2. The van der Waals surface area contributed by atoms with Crippen LogP contribution < -0.4 is 10.5 Å². The number of anilines is 1. The maximum absolute atomic E-state index is 5.61. The van der Waals surface area contributed by atoms with E-state index in [9.17, 15) is 0 Å². The van der Waals surface area contributed by atoms with Crippen LogP contribution in [-0.2, 0) is 0 Å². The first-order valence-corrected chi connectivity index (χ1v) is 4.57. The molecule has 0 aliphatic carbocycles. The van der Waals surface area contributed by atoms with Gasteiger partial charge in [-0.05, 0) is 25.1 Å². The zero-order chi connectivity index (χ0) is 10.7. The standard InChI is InChI=1S/C11H11N3O/c1-8-10(3-2-5-13-8)15-11-7-9(12)4-6-14-11/h2-7H,1H3,(H2,12,14). The minimum Gasteiger partial charge on any atom is -0.437 e. The molecule has 4 nitrogen and oxygen atoms in total. The molecule has 0 aliphatic rings. The van der Waals surface area contributed by atoms with E-state index in [1.165, 1.54) is 0 Å². The molecule has 0 bridgehead atoms. The fourth-order valence-corrected chi connectivity index (χ4v) is 1.17. The van der Waals surface area contributed by atoms with E-state index in [0.717, 1.165) is 5.69 Å². The van der Waals surface area contributed by atoms with E-state index < -0.39 is 0 Å². The normalized spacial score (nSPS) is 9.93. The average molecular weight is 201 g/mol. The van der Waals surface area contributed by atoms with Crippen molar-refractivity contribution in [2.75, 3.05) is 5.73 Å². The summed E-state index contributed by atoms with van der Waals surface area (Å²) in [4.78, 5) is 8.16. The molecule has 0 spiro atoms. The highest BCUT2D eigenvalue weighted by Gasteiger charge is 2.02. The van der Waals surface area contributed by atoms with Gasteiger partial charge in [0.2, 0.25) is 5.88 Å². The van der Waals surface area contributed by atoms with Crippen molar-refractivity contribution in [3.63, 3.8) is 0 Å². The van der Waals surface area contributed by atoms with Gasteiger partial charge in [0.25, 0.3) is 0 Å². The predicted octanol–water partition coefficient (Wildman–Crippen LogP) is 2.16. The van der Waals surface area contributed by atoms with E-state index in [-0.39, 0.29) is 0 Å². The molecule has 4 heteroatoms. The topological polar surface area (TPSA) is 61.0 Å². The summed E-state index contributed by atoms with van der Waals surface area (Å²) in [5, 5.41) is 0. The maximum Gasteiger partial charge on any atom is 0.221 e. The average Bonchev–Trinajstić information content (AvgIpc) is 2.22. The van der Waals surface area contributed by atoms with Crippen LogP contribution in [0.25, 0.3) is 0 Å². The molecule has 2 rings (SSSR count). The second kappa shape index (κ2) is 3.96. The van der Waals surface area contributed by atoms with Gasteiger partial charge < -0.3 is 10.5 Å². The quantitative estimate of drug-likeness (QED) is 0.808. The molecule has 0 radical (unpaired) electrons. The van der Waals surface area contributed by atoms with Crippen LogP contribution in [0.5, 0.6) is 11.6 Å². The number of hydrogen-bond donors (Lipinski definition) is 1. The fourth-order valence-electron chi connectivity index (χ4n) is 1.17. The Bertz CT molecular complexity index is 471. The molecule has 0 atom stereocenters. The Morgan fingerprint density at radius 1 is 1.20 bits per heavy atom. The second-order valence-electron chi connectivity index (χ2n) is 3.12. The minimum atomic E-state index is 0.478. The minimum absolute atomic E-state index is 0.478. The molecular formula is C11H11N3O. The van der Waals surface area contributed by atoms with Gasteiger partial charge in [0.1, 0.15) is 0 Å². The number of nitrogens with zero attached hydrogens (tertiary/aromatic N) is 2. The maximum atomic E-state index is 5.61. The highest BCUT2D eigenvalue weighted by Crippen LogP contribution is 2.22. The van der Waals surface area contributed by atoms with E-state index in [0.29, 0.717) is 17.3 Å². The molecule has 2 aromatic heterocycles. The summed E-state index contributed by atoms with van der Waals surface area (Å²) in [6.45, 7) is 1.88. The molecule has 2 heterocycles.